The number of anilines is 1. The Balaban J connectivity index is 1.96. The van der Waals surface area contributed by atoms with Crippen LogP contribution in [0.3, 0.4) is 0 Å². The number of hydrogen-bond donors (Lipinski definition) is 2. The van der Waals surface area contributed by atoms with Crippen molar-refractivity contribution in [3.05, 3.63) is 53.2 Å². The molecule has 120 valence electrons. The molecule has 0 atom stereocenters. The van der Waals surface area contributed by atoms with Gasteiger partial charge in [0.2, 0.25) is 0 Å². The largest absolute Gasteiger partial charge is 0.493 e. The topological polar surface area (TPSA) is 63.9 Å². The summed E-state index contributed by atoms with van der Waals surface area (Å²) in [6.45, 7) is 0. The lowest BCUT2D eigenvalue weighted by molar-refractivity contribution is 0.388. The van der Waals surface area contributed by atoms with Crippen LogP contribution in [0.25, 0.3) is 33.3 Å². The summed E-state index contributed by atoms with van der Waals surface area (Å²) in [6, 6.07) is 7.05. The van der Waals surface area contributed by atoms with Crippen LogP contribution in [0, 0.1) is 5.82 Å². The second-order valence-corrected chi connectivity index (χ2v) is 6.20. The van der Waals surface area contributed by atoms with E-state index in [0.717, 1.165) is 27.7 Å². The summed E-state index contributed by atoms with van der Waals surface area (Å²) in [7, 11) is 1.45. The second kappa shape index (κ2) is 5.65. The highest BCUT2D eigenvalue weighted by molar-refractivity contribution is 7.08. The van der Waals surface area contributed by atoms with Crippen LogP contribution < -0.4 is 10.5 Å². The molecule has 0 amide bonds. The third kappa shape index (κ3) is 2.32. The van der Waals surface area contributed by atoms with Crippen molar-refractivity contribution >= 4 is 28.1 Å². The van der Waals surface area contributed by atoms with E-state index < -0.39 is 5.82 Å². The van der Waals surface area contributed by atoms with E-state index in [4.69, 9.17) is 10.5 Å². The fourth-order valence-corrected chi connectivity index (χ4v) is 3.50. The Morgan fingerprint density at radius 1 is 1.21 bits per heavy atom. The van der Waals surface area contributed by atoms with E-state index in [0.29, 0.717) is 11.3 Å². The van der Waals surface area contributed by atoms with E-state index in [9.17, 15) is 4.39 Å². The van der Waals surface area contributed by atoms with E-state index in [-0.39, 0.29) is 5.75 Å². The van der Waals surface area contributed by atoms with Gasteiger partial charge in [-0.25, -0.2) is 9.37 Å². The van der Waals surface area contributed by atoms with Crippen LogP contribution in [0.1, 0.15) is 0 Å². The number of thiophene rings is 1. The van der Waals surface area contributed by atoms with Gasteiger partial charge in [0.1, 0.15) is 5.65 Å². The van der Waals surface area contributed by atoms with Crippen LogP contribution in [0.2, 0.25) is 0 Å². The number of pyridine rings is 1. The molecule has 0 aliphatic rings. The molecule has 0 bridgehead atoms. The molecule has 6 heteroatoms. The minimum absolute atomic E-state index is 0.172. The zero-order valence-electron chi connectivity index (χ0n) is 12.8. The second-order valence-electron chi connectivity index (χ2n) is 5.42. The molecule has 4 rings (SSSR count). The number of aromatic nitrogens is 2. The van der Waals surface area contributed by atoms with Crippen molar-refractivity contribution in [2.24, 2.45) is 0 Å². The molecule has 0 saturated heterocycles. The summed E-state index contributed by atoms with van der Waals surface area (Å²) in [4.78, 5) is 7.59. The van der Waals surface area contributed by atoms with Gasteiger partial charge >= 0.3 is 0 Å². The first-order valence-electron chi connectivity index (χ1n) is 7.30. The fourth-order valence-electron chi connectivity index (χ4n) is 2.83. The average Bonchev–Trinajstić information content (AvgIpc) is 3.23. The van der Waals surface area contributed by atoms with Gasteiger partial charge in [0.15, 0.2) is 11.6 Å². The highest BCUT2D eigenvalue weighted by Gasteiger charge is 2.17. The highest BCUT2D eigenvalue weighted by atomic mass is 32.1. The van der Waals surface area contributed by atoms with Gasteiger partial charge in [0.05, 0.1) is 7.11 Å². The van der Waals surface area contributed by atoms with Gasteiger partial charge in [-0.05, 0) is 34.5 Å². The molecule has 0 spiro atoms. The monoisotopic (exact) mass is 339 g/mol. The van der Waals surface area contributed by atoms with Gasteiger partial charge in [-0.1, -0.05) is 0 Å². The summed E-state index contributed by atoms with van der Waals surface area (Å²) >= 11 is 1.63. The van der Waals surface area contributed by atoms with Crippen molar-refractivity contribution in [2.75, 3.05) is 12.8 Å². The summed E-state index contributed by atoms with van der Waals surface area (Å²) in [6.07, 6.45) is 3.62. The van der Waals surface area contributed by atoms with Gasteiger partial charge in [0.25, 0.3) is 0 Å². The highest BCUT2D eigenvalue weighted by Crippen LogP contribution is 2.39. The third-order valence-electron chi connectivity index (χ3n) is 3.95. The molecule has 3 N–H and O–H groups in total. The molecule has 3 aromatic heterocycles. The average molecular weight is 339 g/mol. The lowest BCUT2D eigenvalue weighted by Crippen LogP contribution is -1.95. The molecular formula is C18H14FN3OS. The van der Waals surface area contributed by atoms with E-state index >= 15 is 0 Å². The van der Waals surface area contributed by atoms with Crippen molar-refractivity contribution < 1.29 is 9.13 Å². The molecule has 0 fully saturated rings. The Labute approximate surface area is 141 Å². The van der Waals surface area contributed by atoms with Gasteiger partial charge in [-0.15, -0.1) is 0 Å². The smallest absolute Gasteiger partial charge is 0.167 e. The lowest BCUT2D eigenvalue weighted by atomic mass is 10.0. The summed E-state index contributed by atoms with van der Waals surface area (Å²) in [5, 5.41) is 4.98. The van der Waals surface area contributed by atoms with Crippen molar-refractivity contribution in [1.29, 1.82) is 0 Å². The Morgan fingerprint density at radius 3 is 2.83 bits per heavy atom. The van der Waals surface area contributed by atoms with E-state index in [2.05, 4.69) is 15.3 Å². The number of methoxy groups -OCH3 is 1. The Kier molecular flexibility index (Phi) is 3.46. The van der Waals surface area contributed by atoms with Crippen molar-refractivity contribution in [2.45, 2.75) is 0 Å². The summed E-state index contributed by atoms with van der Waals surface area (Å²) in [5.41, 5.74) is 10.4. The number of H-pyrrole nitrogens is 1. The van der Waals surface area contributed by atoms with Crippen molar-refractivity contribution in [3.8, 4) is 28.0 Å². The summed E-state index contributed by atoms with van der Waals surface area (Å²) in [5.74, 6) is -0.310. The number of nitrogen functional groups attached to an aromatic ring is 1. The molecule has 0 saturated carbocycles. The van der Waals surface area contributed by atoms with Crippen molar-refractivity contribution in [1.82, 2.24) is 9.97 Å². The van der Waals surface area contributed by atoms with E-state index in [1.807, 2.05) is 23.7 Å². The minimum atomic E-state index is -0.483. The maximum atomic E-state index is 14.2. The number of aromatic amines is 1. The molecule has 24 heavy (non-hydrogen) atoms. The van der Waals surface area contributed by atoms with Crippen LogP contribution in [0.15, 0.2) is 47.4 Å². The zero-order valence-corrected chi connectivity index (χ0v) is 13.7. The number of nitrogens with one attached hydrogen (secondary N) is 1. The third-order valence-corrected chi connectivity index (χ3v) is 4.63. The Bertz CT molecular complexity index is 1020. The van der Waals surface area contributed by atoms with Crippen LogP contribution in [-0.2, 0) is 0 Å². The summed E-state index contributed by atoms with van der Waals surface area (Å²) < 4.78 is 19.4. The van der Waals surface area contributed by atoms with Crippen LogP contribution in [-0.4, -0.2) is 17.1 Å². The fraction of sp³-hybridized carbons (Fsp3) is 0.0556. The molecule has 4 nitrogen and oxygen atoms in total. The number of ether oxygens (including phenoxy) is 1. The number of nitrogens with zero attached hydrogens (tertiary/aromatic N) is 1. The molecule has 4 aromatic rings. The van der Waals surface area contributed by atoms with Crippen LogP contribution >= 0.6 is 11.3 Å². The first-order valence-corrected chi connectivity index (χ1v) is 8.24. The molecule has 0 radical (unpaired) electrons. The van der Waals surface area contributed by atoms with E-state index in [1.54, 1.807) is 23.6 Å². The SMILES string of the molecule is COc1c(F)cc(N)cc1-c1c[nH]c2ncc(-c3ccsc3)cc12. The van der Waals surface area contributed by atoms with Crippen molar-refractivity contribution in [3.63, 3.8) is 0 Å². The number of rotatable bonds is 3. The molecule has 0 aliphatic carbocycles. The van der Waals surface area contributed by atoms with Gasteiger partial charge in [0, 0.05) is 46.2 Å². The molecule has 3 heterocycles. The molecular weight excluding hydrogens is 325 g/mol. The maximum absolute atomic E-state index is 14.2. The number of fused-ring (bicyclic) bond motifs is 1. The van der Waals surface area contributed by atoms with E-state index in [1.165, 1.54) is 13.2 Å². The predicted molar refractivity (Wildman–Crippen MR) is 95.8 cm³/mol. The quantitative estimate of drug-likeness (QED) is 0.532. The van der Waals surface area contributed by atoms with Gasteiger partial charge < -0.3 is 15.5 Å². The Hall–Kier alpha value is -2.86. The van der Waals surface area contributed by atoms with Crippen LogP contribution in [0.4, 0.5) is 10.1 Å². The number of nitrogens with two attached hydrogens (primary N) is 1. The maximum Gasteiger partial charge on any atom is 0.167 e. The number of halogens is 1. The number of hydrogen-bond acceptors (Lipinski definition) is 4. The number of benzene rings is 1. The normalized spacial score (nSPS) is 11.1. The predicted octanol–water partition coefficient (Wildman–Crippen LogP) is 4.69. The van der Waals surface area contributed by atoms with Crippen LogP contribution in [0.5, 0.6) is 5.75 Å². The first-order chi connectivity index (χ1) is 11.7. The first kappa shape index (κ1) is 14.7. The van der Waals surface area contributed by atoms with Gasteiger partial charge in [-0.3, -0.25) is 0 Å². The lowest BCUT2D eigenvalue weighted by Gasteiger charge is -2.10. The standard InChI is InChI=1S/C18H14FN3OS/c1-23-17-13(5-12(20)6-16(17)19)15-8-22-18-14(15)4-11(7-21-18)10-2-3-24-9-10/h2-9H,20H2,1H3,(H,21,22). The molecule has 1 aromatic carbocycles. The zero-order chi connectivity index (χ0) is 16.7. The minimum Gasteiger partial charge on any atom is -0.493 e. The Morgan fingerprint density at radius 2 is 2.08 bits per heavy atom. The van der Waals surface area contributed by atoms with Gasteiger partial charge in [-0.2, -0.15) is 11.3 Å². The molecule has 0 unspecified atom stereocenters. The molecule has 0 aliphatic heterocycles.